The Balaban J connectivity index is 1.92. The fourth-order valence-corrected chi connectivity index (χ4v) is 2.30. The Bertz CT molecular complexity index is 260. The molecule has 5 heteroatoms. The van der Waals surface area contributed by atoms with E-state index in [9.17, 15) is 4.79 Å². The zero-order valence-electron chi connectivity index (χ0n) is 9.53. The smallest absolute Gasteiger partial charge is 0.450 e. The zero-order chi connectivity index (χ0) is 11.6. The number of hydrogen-bond donors (Lipinski definition) is 1. The first-order chi connectivity index (χ1) is 7.54. The van der Waals surface area contributed by atoms with Crippen LogP contribution in [-0.2, 0) is 14.2 Å². The SMILES string of the molecule is CC1(OC(=O)O)COC2(CCCCC2)OC1. The molecule has 0 aromatic rings. The third-order valence-electron chi connectivity index (χ3n) is 3.23. The van der Waals surface area contributed by atoms with Crippen molar-refractivity contribution >= 4 is 6.16 Å². The van der Waals surface area contributed by atoms with Gasteiger partial charge in [-0.25, -0.2) is 4.79 Å². The Morgan fingerprint density at radius 2 is 1.75 bits per heavy atom. The van der Waals surface area contributed by atoms with E-state index in [0.717, 1.165) is 25.7 Å². The number of rotatable bonds is 1. The molecule has 0 aromatic carbocycles. The first-order valence-corrected chi connectivity index (χ1v) is 5.74. The van der Waals surface area contributed by atoms with Gasteiger partial charge in [-0.2, -0.15) is 0 Å². The van der Waals surface area contributed by atoms with E-state index in [1.54, 1.807) is 6.92 Å². The van der Waals surface area contributed by atoms with Gasteiger partial charge in [-0.05, 0) is 19.8 Å². The molecule has 92 valence electrons. The molecular weight excluding hydrogens is 212 g/mol. The van der Waals surface area contributed by atoms with Gasteiger partial charge in [0.05, 0.1) is 13.2 Å². The largest absolute Gasteiger partial charge is 0.506 e. The van der Waals surface area contributed by atoms with Gasteiger partial charge in [0, 0.05) is 12.8 Å². The highest BCUT2D eigenvalue weighted by Crippen LogP contribution is 2.37. The van der Waals surface area contributed by atoms with Crippen molar-refractivity contribution in [2.24, 2.45) is 0 Å². The van der Waals surface area contributed by atoms with Crippen LogP contribution in [0.15, 0.2) is 0 Å². The van der Waals surface area contributed by atoms with E-state index >= 15 is 0 Å². The maximum Gasteiger partial charge on any atom is 0.506 e. The minimum absolute atomic E-state index is 0.277. The second-order valence-corrected chi connectivity index (χ2v) is 4.87. The van der Waals surface area contributed by atoms with Crippen LogP contribution in [0.2, 0.25) is 0 Å². The van der Waals surface area contributed by atoms with Crippen molar-refractivity contribution in [3.05, 3.63) is 0 Å². The van der Waals surface area contributed by atoms with Gasteiger partial charge in [-0.3, -0.25) is 0 Å². The van der Waals surface area contributed by atoms with Crippen LogP contribution in [0, 0.1) is 0 Å². The first-order valence-electron chi connectivity index (χ1n) is 5.74. The van der Waals surface area contributed by atoms with E-state index in [-0.39, 0.29) is 13.2 Å². The van der Waals surface area contributed by atoms with Gasteiger partial charge in [0.2, 0.25) is 0 Å². The average Bonchev–Trinajstić information content (AvgIpc) is 2.24. The molecule has 0 amide bonds. The molecule has 0 aromatic heterocycles. The van der Waals surface area contributed by atoms with Crippen LogP contribution in [0.5, 0.6) is 0 Å². The van der Waals surface area contributed by atoms with Crippen LogP contribution < -0.4 is 0 Å². The van der Waals surface area contributed by atoms with Crippen molar-refractivity contribution in [2.75, 3.05) is 13.2 Å². The molecule has 2 rings (SSSR count). The van der Waals surface area contributed by atoms with Gasteiger partial charge < -0.3 is 19.3 Å². The molecule has 5 nitrogen and oxygen atoms in total. The highest BCUT2D eigenvalue weighted by atomic mass is 16.7. The summed E-state index contributed by atoms with van der Waals surface area (Å²) in [4.78, 5) is 10.5. The zero-order valence-corrected chi connectivity index (χ0v) is 9.53. The maximum absolute atomic E-state index is 10.5. The van der Waals surface area contributed by atoms with Crippen molar-refractivity contribution in [1.82, 2.24) is 0 Å². The van der Waals surface area contributed by atoms with Crippen LogP contribution >= 0.6 is 0 Å². The fraction of sp³-hybridized carbons (Fsp3) is 0.909. The monoisotopic (exact) mass is 230 g/mol. The molecule has 1 saturated carbocycles. The summed E-state index contributed by atoms with van der Waals surface area (Å²) in [5, 5.41) is 8.60. The number of carbonyl (C=O) groups is 1. The number of hydrogen-bond acceptors (Lipinski definition) is 4. The quantitative estimate of drug-likeness (QED) is 0.699. The molecule has 1 aliphatic carbocycles. The lowest BCUT2D eigenvalue weighted by Crippen LogP contribution is -2.54. The topological polar surface area (TPSA) is 65.0 Å². The molecule has 0 atom stereocenters. The molecule has 0 radical (unpaired) electrons. The Morgan fingerprint density at radius 1 is 1.19 bits per heavy atom. The Morgan fingerprint density at radius 3 is 2.25 bits per heavy atom. The van der Waals surface area contributed by atoms with Gasteiger partial charge in [-0.15, -0.1) is 0 Å². The summed E-state index contributed by atoms with van der Waals surface area (Å²) in [6.07, 6.45) is 3.95. The van der Waals surface area contributed by atoms with E-state index in [1.165, 1.54) is 6.42 Å². The third-order valence-corrected chi connectivity index (χ3v) is 3.23. The molecule has 1 saturated heterocycles. The molecule has 1 heterocycles. The van der Waals surface area contributed by atoms with Crippen molar-refractivity contribution in [3.63, 3.8) is 0 Å². The fourth-order valence-electron chi connectivity index (χ4n) is 2.30. The van der Waals surface area contributed by atoms with Crippen molar-refractivity contribution < 1.29 is 24.1 Å². The third kappa shape index (κ3) is 2.47. The first kappa shape index (κ1) is 11.7. The second kappa shape index (κ2) is 4.22. The van der Waals surface area contributed by atoms with Gasteiger partial charge >= 0.3 is 6.16 Å². The van der Waals surface area contributed by atoms with Crippen LogP contribution in [-0.4, -0.2) is 35.9 Å². The Hall–Kier alpha value is -0.810. The summed E-state index contributed by atoms with van der Waals surface area (Å²) in [6, 6.07) is 0. The van der Waals surface area contributed by atoms with E-state index in [2.05, 4.69) is 0 Å². The van der Waals surface area contributed by atoms with Crippen LogP contribution in [0.1, 0.15) is 39.0 Å². The minimum atomic E-state index is -1.28. The van der Waals surface area contributed by atoms with Gasteiger partial charge in [-0.1, -0.05) is 6.42 Å². The van der Waals surface area contributed by atoms with E-state index in [1.807, 2.05) is 0 Å². The van der Waals surface area contributed by atoms with Crippen molar-refractivity contribution in [1.29, 1.82) is 0 Å². The summed E-state index contributed by atoms with van der Waals surface area (Å²) in [6.45, 7) is 2.25. The molecular formula is C11H18O5. The molecule has 1 spiro atoms. The van der Waals surface area contributed by atoms with Gasteiger partial charge in [0.15, 0.2) is 11.4 Å². The standard InChI is InChI=1S/C11H18O5/c1-10(16-9(12)13)7-14-11(15-8-10)5-3-2-4-6-11/h2-8H2,1H3,(H,12,13). The summed E-state index contributed by atoms with van der Waals surface area (Å²) in [7, 11) is 0. The van der Waals surface area contributed by atoms with Crippen LogP contribution in [0.4, 0.5) is 4.79 Å². The van der Waals surface area contributed by atoms with Crippen molar-refractivity contribution in [3.8, 4) is 0 Å². The summed E-state index contributed by atoms with van der Waals surface area (Å²) in [5.41, 5.74) is -0.867. The maximum atomic E-state index is 10.5. The summed E-state index contributed by atoms with van der Waals surface area (Å²) in [5.74, 6) is -0.473. The van der Waals surface area contributed by atoms with Gasteiger partial charge in [0.25, 0.3) is 0 Å². The predicted molar refractivity (Wildman–Crippen MR) is 55.2 cm³/mol. The molecule has 2 fully saturated rings. The normalized spacial score (nSPS) is 27.6. The highest BCUT2D eigenvalue weighted by Gasteiger charge is 2.45. The average molecular weight is 230 g/mol. The van der Waals surface area contributed by atoms with Crippen LogP contribution in [0.25, 0.3) is 0 Å². The molecule has 1 aliphatic heterocycles. The lowest BCUT2D eigenvalue weighted by atomic mass is 9.92. The molecule has 2 aliphatic rings. The molecule has 0 unspecified atom stereocenters. The molecule has 0 bridgehead atoms. The molecule has 16 heavy (non-hydrogen) atoms. The predicted octanol–water partition coefficient (Wildman–Crippen LogP) is 2.15. The Kier molecular flexibility index (Phi) is 3.08. The lowest BCUT2D eigenvalue weighted by molar-refractivity contribution is -0.324. The van der Waals surface area contributed by atoms with Gasteiger partial charge in [0.1, 0.15) is 0 Å². The summed E-state index contributed by atoms with van der Waals surface area (Å²) < 4.78 is 16.2. The molecule has 1 N–H and O–H groups in total. The van der Waals surface area contributed by atoms with E-state index in [4.69, 9.17) is 19.3 Å². The number of carboxylic acid groups (broad SMARTS) is 1. The summed E-state index contributed by atoms with van der Waals surface area (Å²) >= 11 is 0. The Labute approximate surface area is 94.7 Å². The van der Waals surface area contributed by atoms with E-state index < -0.39 is 17.5 Å². The second-order valence-electron chi connectivity index (χ2n) is 4.87. The van der Waals surface area contributed by atoms with Crippen molar-refractivity contribution in [2.45, 2.75) is 50.4 Å². The lowest BCUT2D eigenvalue weighted by Gasteiger charge is -2.45. The van der Waals surface area contributed by atoms with E-state index in [0.29, 0.717) is 0 Å². The minimum Gasteiger partial charge on any atom is -0.450 e. The highest BCUT2D eigenvalue weighted by molar-refractivity contribution is 5.57. The van der Waals surface area contributed by atoms with Crippen LogP contribution in [0.3, 0.4) is 0 Å². The number of ether oxygens (including phenoxy) is 3.